The number of rotatable bonds is 7. The normalized spacial score (nSPS) is 10.6. The number of nitrogens with one attached hydrogen (secondary N) is 3. The number of halogens is 2. The smallest absolute Gasteiger partial charge is 0.269 e. The van der Waals surface area contributed by atoms with Crippen LogP contribution in [0.5, 0.6) is 17.2 Å². The highest BCUT2D eigenvalue weighted by Crippen LogP contribution is 2.38. The standard InChI is InChI=1S/C26H21Cl2N3O6S/c1-35-18-10-14(11-19(36-2)22(18)37-3)25(33)31-30-24(32)13-4-7-16(8-5-13)29-26(34)23-21(28)17-9-6-15(27)12-20(17)38-23/h4-12H,1-3H3,(H,29,34)(H,30,32)(H,31,33). The van der Waals surface area contributed by atoms with Crippen LogP contribution in [0.3, 0.4) is 0 Å². The summed E-state index contributed by atoms with van der Waals surface area (Å²) in [4.78, 5) is 38.3. The number of benzene rings is 3. The van der Waals surface area contributed by atoms with Gasteiger partial charge in [0.1, 0.15) is 4.88 Å². The van der Waals surface area contributed by atoms with Crippen molar-refractivity contribution in [3.8, 4) is 17.2 Å². The topological polar surface area (TPSA) is 115 Å². The van der Waals surface area contributed by atoms with Crippen LogP contribution in [0.1, 0.15) is 30.4 Å². The van der Waals surface area contributed by atoms with E-state index >= 15 is 0 Å². The third-order valence-corrected chi connectivity index (χ3v) is 7.31. The molecule has 12 heteroatoms. The molecule has 0 bridgehead atoms. The van der Waals surface area contributed by atoms with E-state index in [1.807, 2.05) is 0 Å². The summed E-state index contributed by atoms with van der Waals surface area (Å²) in [6.07, 6.45) is 0. The lowest BCUT2D eigenvalue weighted by Crippen LogP contribution is -2.41. The molecule has 0 aliphatic heterocycles. The molecule has 0 saturated carbocycles. The van der Waals surface area contributed by atoms with Crippen LogP contribution >= 0.6 is 34.5 Å². The van der Waals surface area contributed by atoms with Gasteiger partial charge in [-0.2, -0.15) is 0 Å². The Morgan fingerprint density at radius 2 is 1.34 bits per heavy atom. The Morgan fingerprint density at radius 1 is 0.737 bits per heavy atom. The SMILES string of the molecule is COc1cc(C(=O)NNC(=O)c2ccc(NC(=O)c3sc4cc(Cl)ccc4c3Cl)cc2)cc(OC)c1OC. The molecule has 9 nitrogen and oxygen atoms in total. The van der Waals surface area contributed by atoms with Gasteiger partial charge in [0.2, 0.25) is 5.75 Å². The van der Waals surface area contributed by atoms with Gasteiger partial charge in [0, 0.05) is 31.9 Å². The molecule has 0 radical (unpaired) electrons. The zero-order valence-electron chi connectivity index (χ0n) is 20.3. The molecule has 196 valence electrons. The van der Waals surface area contributed by atoms with E-state index in [9.17, 15) is 14.4 Å². The second-order valence-corrected chi connectivity index (χ2v) is 9.61. The summed E-state index contributed by atoms with van der Waals surface area (Å²) >= 11 is 13.7. The number of methoxy groups -OCH3 is 3. The Morgan fingerprint density at radius 3 is 1.92 bits per heavy atom. The van der Waals surface area contributed by atoms with Gasteiger partial charge in [0.25, 0.3) is 17.7 Å². The molecule has 0 atom stereocenters. The lowest BCUT2D eigenvalue weighted by Gasteiger charge is -2.14. The van der Waals surface area contributed by atoms with Crippen LogP contribution in [-0.2, 0) is 0 Å². The van der Waals surface area contributed by atoms with Gasteiger partial charge in [-0.1, -0.05) is 29.3 Å². The maximum Gasteiger partial charge on any atom is 0.269 e. The summed E-state index contributed by atoms with van der Waals surface area (Å²) in [6, 6.07) is 14.3. The molecule has 4 rings (SSSR count). The molecule has 3 aromatic carbocycles. The van der Waals surface area contributed by atoms with Gasteiger partial charge in [-0.15, -0.1) is 11.3 Å². The lowest BCUT2D eigenvalue weighted by molar-refractivity contribution is 0.0846. The molecule has 0 spiro atoms. The summed E-state index contributed by atoms with van der Waals surface area (Å²) in [5, 5.41) is 4.40. The van der Waals surface area contributed by atoms with Crippen molar-refractivity contribution in [2.45, 2.75) is 0 Å². The van der Waals surface area contributed by atoms with E-state index in [0.717, 1.165) is 10.1 Å². The van der Waals surface area contributed by atoms with Crippen molar-refractivity contribution in [3.05, 3.63) is 80.6 Å². The molecule has 1 aromatic heterocycles. The molecule has 0 aliphatic rings. The molecular weight excluding hydrogens is 553 g/mol. The van der Waals surface area contributed by atoms with Gasteiger partial charge in [-0.3, -0.25) is 25.2 Å². The predicted molar refractivity (Wildman–Crippen MR) is 147 cm³/mol. The zero-order valence-corrected chi connectivity index (χ0v) is 22.6. The number of ether oxygens (including phenoxy) is 3. The first-order valence-corrected chi connectivity index (χ1v) is 12.5. The Kier molecular flexibility index (Phi) is 8.26. The minimum atomic E-state index is -0.594. The van der Waals surface area contributed by atoms with E-state index in [2.05, 4.69) is 16.2 Å². The van der Waals surface area contributed by atoms with Gasteiger partial charge >= 0.3 is 0 Å². The molecule has 0 unspecified atom stereocenters. The second-order valence-electron chi connectivity index (χ2n) is 7.74. The van der Waals surface area contributed by atoms with Gasteiger partial charge < -0.3 is 19.5 Å². The lowest BCUT2D eigenvalue weighted by atomic mass is 10.1. The van der Waals surface area contributed by atoms with E-state index in [-0.39, 0.29) is 17.0 Å². The second kappa shape index (κ2) is 11.6. The van der Waals surface area contributed by atoms with Crippen LogP contribution in [-0.4, -0.2) is 39.1 Å². The highest BCUT2D eigenvalue weighted by Gasteiger charge is 2.19. The zero-order chi connectivity index (χ0) is 27.4. The Labute approximate surface area is 231 Å². The fraction of sp³-hybridized carbons (Fsp3) is 0.115. The number of thiophene rings is 1. The Hall–Kier alpha value is -3.99. The number of anilines is 1. The quantitative estimate of drug-likeness (QED) is 0.249. The molecule has 38 heavy (non-hydrogen) atoms. The van der Waals surface area contributed by atoms with Crippen molar-refractivity contribution >= 4 is 68.0 Å². The average molecular weight is 574 g/mol. The van der Waals surface area contributed by atoms with E-state index in [1.165, 1.54) is 56.9 Å². The summed E-state index contributed by atoms with van der Waals surface area (Å²) in [5.74, 6) is -0.622. The highest BCUT2D eigenvalue weighted by atomic mass is 35.5. The van der Waals surface area contributed by atoms with Crippen molar-refractivity contribution < 1.29 is 28.6 Å². The number of carbonyl (C=O) groups excluding carboxylic acids is 3. The molecule has 1 heterocycles. The largest absolute Gasteiger partial charge is 0.493 e. The predicted octanol–water partition coefficient (Wildman–Crippen LogP) is 5.56. The number of hydrazine groups is 1. The van der Waals surface area contributed by atoms with Crippen LogP contribution in [0.4, 0.5) is 5.69 Å². The number of fused-ring (bicyclic) bond motifs is 1. The summed E-state index contributed by atoms with van der Waals surface area (Å²) in [6.45, 7) is 0. The van der Waals surface area contributed by atoms with Crippen LogP contribution in [0.25, 0.3) is 10.1 Å². The Balaban J connectivity index is 1.39. The number of hydrogen-bond acceptors (Lipinski definition) is 7. The summed E-state index contributed by atoms with van der Waals surface area (Å²) in [7, 11) is 4.31. The molecule has 0 fully saturated rings. The van der Waals surface area contributed by atoms with Crippen molar-refractivity contribution in [2.75, 3.05) is 26.6 Å². The maximum atomic E-state index is 12.8. The van der Waals surface area contributed by atoms with Crippen LogP contribution in [0.2, 0.25) is 10.0 Å². The third-order valence-electron chi connectivity index (χ3n) is 5.42. The molecule has 0 aliphatic carbocycles. The van der Waals surface area contributed by atoms with E-state index < -0.39 is 11.8 Å². The molecule has 3 amide bonds. The van der Waals surface area contributed by atoms with Crippen molar-refractivity contribution in [3.63, 3.8) is 0 Å². The minimum absolute atomic E-state index is 0.181. The van der Waals surface area contributed by atoms with Crippen molar-refractivity contribution in [2.24, 2.45) is 0 Å². The van der Waals surface area contributed by atoms with Gasteiger partial charge in [-0.25, -0.2) is 0 Å². The molecular formula is C26H21Cl2N3O6S. The minimum Gasteiger partial charge on any atom is -0.493 e. The number of amides is 3. The monoisotopic (exact) mass is 573 g/mol. The summed E-state index contributed by atoms with van der Waals surface area (Å²) < 4.78 is 16.5. The molecule has 4 aromatic rings. The van der Waals surface area contributed by atoms with E-state index in [4.69, 9.17) is 37.4 Å². The van der Waals surface area contributed by atoms with Crippen LogP contribution < -0.4 is 30.4 Å². The van der Waals surface area contributed by atoms with Crippen LogP contribution in [0.15, 0.2) is 54.6 Å². The first-order chi connectivity index (χ1) is 18.2. The van der Waals surface area contributed by atoms with Crippen molar-refractivity contribution in [1.29, 1.82) is 0 Å². The van der Waals surface area contributed by atoms with Gasteiger partial charge in [0.05, 0.1) is 26.4 Å². The van der Waals surface area contributed by atoms with E-state index in [1.54, 1.807) is 30.3 Å². The van der Waals surface area contributed by atoms with Gasteiger partial charge in [-0.05, 0) is 48.5 Å². The van der Waals surface area contributed by atoms with Gasteiger partial charge in [0.15, 0.2) is 11.5 Å². The van der Waals surface area contributed by atoms with E-state index in [0.29, 0.717) is 37.9 Å². The number of hydrogen-bond donors (Lipinski definition) is 3. The van der Waals surface area contributed by atoms with Crippen LogP contribution in [0, 0.1) is 0 Å². The van der Waals surface area contributed by atoms with Crippen molar-refractivity contribution in [1.82, 2.24) is 10.9 Å². The maximum absolute atomic E-state index is 12.8. The Bertz CT molecular complexity index is 1510. The first kappa shape index (κ1) is 27.1. The fourth-order valence-electron chi connectivity index (χ4n) is 3.55. The fourth-order valence-corrected chi connectivity index (χ4v) is 5.24. The average Bonchev–Trinajstić information content (AvgIpc) is 3.26. The third kappa shape index (κ3) is 5.62. The highest BCUT2D eigenvalue weighted by molar-refractivity contribution is 7.21. The molecule has 0 saturated heterocycles. The summed E-state index contributed by atoms with van der Waals surface area (Å²) in [5.41, 5.74) is 5.59. The number of carbonyl (C=O) groups is 3. The molecule has 3 N–H and O–H groups in total. The first-order valence-electron chi connectivity index (χ1n) is 10.9.